The Labute approximate surface area is 243 Å². The van der Waals surface area contributed by atoms with Crippen molar-refractivity contribution in [2.75, 3.05) is 0 Å². The molecule has 22 aliphatic carbocycles. The van der Waals surface area contributed by atoms with Gasteiger partial charge in [-0.2, -0.15) is 0 Å². The Morgan fingerprint density at radius 1 is 0.244 bits per heavy atom. The molecular formula is C41H44. The van der Waals surface area contributed by atoms with E-state index in [0.29, 0.717) is 0 Å². The Hall–Kier alpha value is 0. The zero-order valence-corrected chi connectivity index (χ0v) is 24.5. The van der Waals surface area contributed by atoms with Gasteiger partial charge in [0.2, 0.25) is 0 Å². The predicted octanol–water partition coefficient (Wildman–Crippen LogP) is 7.14. The summed E-state index contributed by atoms with van der Waals surface area (Å²) in [5.41, 5.74) is 9.85. The average molecular weight is 537 g/mol. The molecule has 0 radical (unpaired) electrons. The van der Waals surface area contributed by atoms with Crippen LogP contribution in [0.3, 0.4) is 0 Å². The van der Waals surface area contributed by atoms with E-state index >= 15 is 0 Å². The minimum atomic E-state index is 1.08. The third-order valence-electron chi connectivity index (χ3n) is 27.2. The average Bonchev–Trinajstić information content (AvgIpc) is 2.76. The van der Waals surface area contributed by atoms with Gasteiger partial charge < -0.3 is 0 Å². The van der Waals surface area contributed by atoms with Crippen LogP contribution in [0.15, 0.2) is 0 Å². The summed E-state index contributed by atoms with van der Waals surface area (Å²) >= 11 is 0. The molecule has 0 saturated heterocycles. The smallest absolute Gasteiger partial charge is 0.00932 e. The van der Waals surface area contributed by atoms with E-state index in [1.54, 1.807) is 25.7 Å². The van der Waals surface area contributed by atoms with Crippen LogP contribution in [-0.4, -0.2) is 0 Å². The summed E-state index contributed by atoms with van der Waals surface area (Å²) in [6, 6.07) is 0. The monoisotopic (exact) mass is 536 g/mol. The third kappa shape index (κ3) is 0.737. The van der Waals surface area contributed by atoms with Crippen LogP contribution in [0, 0.1) is 167 Å². The molecule has 0 amide bonds. The van der Waals surface area contributed by atoms with Gasteiger partial charge in [0.25, 0.3) is 0 Å². The van der Waals surface area contributed by atoms with Crippen molar-refractivity contribution in [3.63, 3.8) is 0 Å². The molecule has 0 N–H and O–H groups in total. The molecule has 0 aromatic carbocycles. The topological polar surface area (TPSA) is 0 Å². The van der Waals surface area contributed by atoms with Crippen LogP contribution in [-0.2, 0) is 0 Å². The predicted molar refractivity (Wildman–Crippen MR) is 147 cm³/mol. The van der Waals surface area contributed by atoms with Crippen LogP contribution < -0.4 is 0 Å². The van der Waals surface area contributed by atoms with Gasteiger partial charge in [0.05, 0.1) is 0 Å². The maximum Gasteiger partial charge on any atom is -0.00932 e. The van der Waals surface area contributed by atoms with Gasteiger partial charge in [0.15, 0.2) is 0 Å². The summed E-state index contributed by atoms with van der Waals surface area (Å²) < 4.78 is 0. The van der Waals surface area contributed by atoms with Gasteiger partial charge in [-0.3, -0.25) is 0 Å². The molecule has 22 saturated carbocycles. The zero-order chi connectivity index (χ0) is 24.5. The van der Waals surface area contributed by atoms with E-state index in [0.717, 1.165) is 48.7 Å². The summed E-state index contributed by atoms with van der Waals surface area (Å²) in [7, 11) is 0. The van der Waals surface area contributed by atoms with Crippen molar-refractivity contribution in [3.8, 4) is 0 Å². The summed E-state index contributed by atoms with van der Waals surface area (Å²) in [6.07, 6.45) is 19.0. The Morgan fingerprint density at radius 2 is 0.463 bits per heavy atom. The van der Waals surface area contributed by atoms with Crippen LogP contribution in [0.4, 0.5) is 0 Å². The molecule has 0 aromatic heterocycles. The fourth-order valence-corrected chi connectivity index (χ4v) is 29.8. The lowest BCUT2D eigenvalue weighted by atomic mass is 8.67. The molecule has 16 unspecified atom stereocenters. The highest BCUT2D eigenvalue weighted by Crippen LogP contribution is 3.37. The van der Waals surface area contributed by atoms with Crippen LogP contribution in [0.2, 0.25) is 0 Å². The second-order valence-corrected chi connectivity index (χ2v) is 22.9. The molecule has 0 aromatic rings. The first-order valence-corrected chi connectivity index (χ1v) is 20.4. The molecule has 22 aliphatic rings. The Balaban J connectivity index is 0.000000192. The van der Waals surface area contributed by atoms with Gasteiger partial charge in [0, 0.05) is 0 Å². The normalized spacial score (nSPS) is 102. The molecule has 0 heterocycles. The van der Waals surface area contributed by atoms with Gasteiger partial charge in [-0.1, -0.05) is 51.4 Å². The highest BCUT2D eigenvalue weighted by Gasteiger charge is 3.35. The summed E-state index contributed by atoms with van der Waals surface area (Å²) in [5.74, 6) is 27.1. The molecule has 0 bridgehead atoms. The molecule has 208 valence electrons. The fourth-order valence-electron chi connectivity index (χ4n) is 29.8. The van der Waals surface area contributed by atoms with Crippen LogP contribution >= 0.6 is 0 Å². The van der Waals surface area contributed by atoms with E-state index in [1.165, 1.54) is 170 Å². The Bertz CT molecular complexity index is 1520. The maximum absolute atomic E-state index is 1.75. The fraction of sp³-hybridized carbons (Fsp3) is 1.00. The summed E-state index contributed by atoms with van der Waals surface area (Å²) in [6.45, 7) is 0. The maximum atomic E-state index is 1.75. The van der Waals surface area contributed by atoms with Crippen molar-refractivity contribution in [2.45, 2.75) is 77.0 Å². The summed E-state index contributed by atoms with van der Waals surface area (Å²) in [4.78, 5) is 0. The molecule has 0 nitrogen and oxygen atoms in total. The molecule has 0 heteroatoms. The van der Waals surface area contributed by atoms with Crippen molar-refractivity contribution < 1.29 is 0 Å². The van der Waals surface area contributed by atoms with Gasteiger partial charge in [0.1, 0.15) is 0 Å². The standard InChI is InChI=1S/C33H28.2C4H8/c1-5-2-8-12-16-20-24-22-18-14-10-4-6-3-9-13-17-21-23-19-15-11-7(1)25(5,8)27(11,12)29(15,16)31(19,20)33(23,24)32(21,22)30(17,18)28(13,14)26(6,9)10;2*1-2-4-3-1/h5-24H,1-4H2;2*1-4H2. The van der Waals surface area contributed by atoms with Gasteiger partial charge in [-0.25, -0.2) is 0 Å². The molecule has 0 aliphatic heterocycles. The number of rotatable bonds is 0. The highest BCUT2D eigenvalue weighted by molar-refractivity contribution is 5.80. The summed E-state index contributed by atoms with van der Waals surface area (Å²) in [5, 5.41) is 0. The Kier molecular flexibility index (Phi) is 1.70. The van der Waals surface area contributed by atoms with E-state index in [4.69, 9.17) is 0 Å². The lowest BCUT2D eigenvalue weighted by molar-refractivity contribution is -0.910. The molecule has 22 rings (SSSR count). The lowest BCUT2D eigenvalue weighted by Crippen LogP contribution is -3.34. The molecule has 16 atom stereocenters. The van der Waals surface area contributed by atoms with Crippen LogP contribution in [0.5, 0.6) is 0 Å². The van der Waals surface area contributed by atoms with Gasteiger partial charge in [-0.05, 0) is 193 Å². The quantitative estimate of drug-likeness (QED) is 0.309. The lowest BCUT2D eigenvalue weighted by Gasteiger charge is -3.36. The van der Waals surface area contributed by atoms with Crippen LogP contribution in [0.1, 0.15) is 77.0 Å². The van der Waals surface area contributed by atoms with E-state index in [9.17, 15) is 0 Å². The zero-order valence-electron chi connectivity index (χ0n) is 24.5. The second-order valence-electron chi connectivity index (χ2n) is 22.9. The van der Waals surface area contributed by atoms with E-state index in [-0.39, 0.29) is 0 Å². The first kappa shape index (κ1) is 18.2. The van der Waals surface area contributed by atoms with Crippen molar-refractivity contribution in [3.05, 3.63) is 0 Å². The van der Waals surface area contributed by atoms with Crippen molar-refractivity contribution in [1.29, 1.82) is 0 Å². The second kappa shape index (κ2) is 3.83. The van der Waals surface area contributed by atoms with E-state index in [1.807, 2.05) is 0 Å². The molecule has 9 spiro atoms. The molecule has 22 fully saturated rings. The molecular weight excluding hydrogens is 492 g/mol. The van der Waals surface area contributed by atoms with Crippen molar-refractivity contribution in [1.82, 2.24) is 0 Å². The SMILES string of the molecule is C1C2CC3C4C5C6C7C8C9C%10C%11CC%12CC%13C%14C%15C%16C%17C%18C%19C%20C1C23C%204C%195C%186C%177C%168C%159C%14%10C%12%13%11.C1CCC1.C1CCC1. The largest absolute Gasteiger partial charge is 0.0533 e. The van der Waals surface area contributed by atoms with E-state index < -0.39 is 0 Å². The van der Waals surface area contributed by atoms with E-state index in [2.05, 4.69) is 0 Å². The molecule has 41 heavy (non-hydrogen) atoms. The Morgan fingerprint density at radius 3 is 0.683 bits per heavy atom. The number of hydrogen-bond acceptors (Lipinski definition) is 0. The minimum absolute atomic E-state index is 1.08. The van der Waals surface area contributed by atoms with Crippen LogP contribution in [0.25, 0.3) is 0 Å². The first-order valence-electron chi connectivity index (χ1n) is 20.4. The van der Waals surface area contributed by atoms with Crippen molar-refractivity contribution >= 4 is 0 Å². The van der Waals surface area contributed by atoms with Crippen molar-refractivity contribution in [2.24, 2.45) is 167 Å². The first-order chi connectivity index (χ1) is 20.4. The number of fused-ring (bicyclic) bond motifs is 16. The number of hydrogen-bond donors (Lipinski definition) is 0. The third-order valence-corrected chi connectivity index (χ3v) is 27.2. The highest BCUT2D eigenvalue weighted by atomic mass is 15.4. The minimum Gasteiger partial charge on any atom is -0.0533 e. The van der Waals surface area contributed by atoms with Gasteiger partial charge in [-0.15, -0.1) is 0 Å². The van der Waals surface area contributed by atoms with Gasteiger partial charge >= 0.3 is 0 Å².